The van der Waals surface area contributed by atoms with Crippen molar-refractivity contribution < 1.29 is 14.3 Å². The molecule has 5 nitrogen and oxygen atoms in total. The van der Waals surface area contributed by atoms with Gasteiger partial charge in [0.25, 0.3) is 5.91 Å². The lowest BCUT2D eigenvalue weighted by Crippen LogP contribution is -2.43. The SMILES string of the molecule is CO[C@@](C)(CC(C)C)C(=O)Nc1ccc(OC(C)C)cc1C#N. The van der Waals surface area contributed by atoms with Crippen molar-refractivity contribution in [2.45, 2.75) is 52.7 Å². The van der Waals surface area contributed by atoms with Gasteiger partial charge in [0.15, 0.2) is 0 Å². The summed E-state index contributed by atoms with van der Waals surface area (Å²) < 4.78 is 11.0. The number of benzene rings is 1. The van der Waals surface area contributed by atoms with E-state index in [-0.39, 0.29) is 12.0 Å². The summed E-state index contributed by atoms with van der Waals surface area (Å²) >= 11 is 0. The number of nitrogens with zero attached hydrogens (tertiary/aromatic N) is 1. The number of nitrogens with one attached hydrogen (secondary N) is 1. The minimum Gasteiger partial charge on any atom is -0.491 e. The standard InChI is InChI=1S/C18H26N2O3/c1-12(2)10-18(5,22-6)17(21)20-16-8-7-15(23-13(3)4)9-14(16)11-19/h7-9,12-13H,10H2,1-6H3,(H,20,21)/t18-/m0/s1. The highest BCUT2D eigenvalue weighted by atomic mass is 16.5. The summed E-state index contributed by atoms with van der Waals surface area (Å²) in [6.45, 7) is 9.65. The van der Waals surface area contributed by atoms with Crippen LogP contribution in [0, 0.1) is 17.2 Å². The van der Waals surface area contributed by atoms with Crippen molar-refractivity contribution in [1.29, 1.82) is 5.26 Å². The van der Waals surface area contributed by atoms with Crippen molar-refractivity contribution in [3.05, 3.63) is 23.8 Å². The molecule has 0 spiro atoms. The van der Waals surface area contributed by atoms with Gasteiger partial charge >= 0.3 is 0 Å². The third-order valence-corrected chi connectivity index (χ3v) is 3.46. The van der Waals surface area contributed by atoms with Gasteiger partial charge in [-0.3, -0.25) is 4.79 Å². The van der Waals surface area contributed by atoms with Gasteiger partial charge in [-0.05, 0) is 45.2 Å². The van der Waals surface area contributed by atoms with Crippen LogP contribution in [-0.2, 0) is 9.53 Å². The molecule has 0 aliphatic carbocycles. The van der Waals surface area contributed by atoms with Crippen molar-refractivity contribution in [1.82, 2.24) is 0 Å². The van der Waals surface area contributed by atoms with Gasteiger partial charge in [-0.15, -0.1) is 0 Å². The number of nitriles is 1. The van der Waals surface area contributed by atoms with Gasteiger partial charge in [-0.25, -0.2) is 0 Å². The molecule has 0 radical (unpaired) electrons. The fourth-order valence-corrected chi connectivity index (χ4v) is 2.37. The number of carbonyl (C=O) groups excluding carboxylic acids is 1. The van der Waals surface area contributed by atoms with E-state index in [4.69, 9.17) is 9.47 Å². The van der Waals surface area contributed by atoms with Gasteiger partial charge in [0.1, 0.15) is 17.4 Å². The van der Waals surface area contributed by atoms with Crippen LogP contribution in [0.1, 0.15) is 46.6 Å². The number of hydrogen-bond donors (Lipinski definition) is 1. The molecule has 0 saturated carbocycles. The number of methoxy groups -OCH3 is 1. The molecule has 1 atom stereocenters. The molecular formula is C18H26N2O3. The van der Waals surface area contributed by atoms with E-state index in [9.17, 15) is 10.1 Å². The Balaban J connectivity index is 2.99. The van der Waals surface area contributed by atoms with E-state index >= 15 is 0 Å². The number of carbonyl (C=O) groups is 1. The van der Waals surface area contributed by atoms with E-state index in [1.165, 1.54) is 7.11 Å². The van der Waals surface area contributed by atoms with Crippen molar-refractivity contribution >= 4 is 11.6 Å². The Hall–Kier alpha value is -2.06. The Morgan fingerprint density at radius 1 is 1.35 bits per heavy atom. The molecule has 1 aromatic carbocycles. The highest BCUT2D eigenvalue weighted by molar-refractivity contribution is 5.98. The molecule has 0 aromatic heterocycles. The molecule has 0 bridgehead atoms. The fourth-order valence-electron chi connectivity index (χ4n) is 2.37. The summed E-state index contributed by atoms with van der Waals surface area (Å²) in [5.41, 5.74) is -0.117. The number of anilines is 1. The third kappa shape index (κ3) is 5.26. The summed E-state index contributed by atoms with van der Waals surface area (Å²) in [5.74, 6) is 0.650. The first-order valence-electron chi connectivity index (χ1n) is 7.79. The second-order valence-corrected chi connectivity index (χ2v) is 6.47. The minimum atomic E-state index is -0.937. The largest absolute Gasteiger partial charge is 0.491 e. The molecule has 1 N–H and O–H groups in total. The summed E-state index contributed by atoms with van der Waals surface area (Å²) in [4.78, 5) is 12.6. The fraction of sp³-hybridized carbons (Fsp3) is 0.556. The first-order valence-corrected chi connectivity index (χ1v) is 7.79. The smallest absolute Gasteiger partial charge is 0.256 e. The topological polar surface area (TPSA) is 71.3 Å². The molecule has 126 valence electrons. The van der Waals surface area contributed by atoms with E-state index < -0.39 is 5.60 Å². The van der Waals surface area contributed by atoms with Crippen LogP contribution < -0.4 is 10.1 Å². The van der Waals surface area contributed by atoms with Crippen LogP contribution in [0.5, 0.6) is 5.75 Å². The normalized spacial score (nSPS) is 13.5. The number of hydrogen-bond acceptors (Lipinski definition) is 4. The molecule has 1 aromatic rings. The highest BCUT2D eigenvalue weighted by Crippen LogP contribution is 2.26. The maximum atomic E-state index is 12.6. The lowest BCUT2D eigenvalue weighted by atomic mass is 9.93. The Morgan fingerprint density at radius 3 is 2.48 bits per heavy atom. The van der Waals surface area contributed by atoms with Gasteiger partial charge in [0.2, 0.25) is 0 Å². The molecule has 0 heterocycles. The first-order chi connectivity index (χ1) is 10.7. The maximum Gasteiger partial charge on any atom is 0.256 e. The van der Waals surface area contributed by atoms with Crippen LogP contribution in [0.4, 0.5) is 5.69 Å². The van der Waals surface area contributed by atoms with Crippen LogP contribution >= 0.6 is 0 Å². The van der Waals surface area contributed by atoms with Crippen molar-refractivity contribution in [3.63, 3.8) is 0 Å². The lowest BCUT2D eigenvalue weighted by molar-refractivity contribution is -0.137. The Kier molecular flexibility index (Phi) is 6.59. The number of rotatable bonds is 7. The average molecular weight is 318 g/mol. The molecule has 1 amide bonds. The zero-order valence-electron chi connectivity index (χ0n) is 14.8. The monoisotopic (exact) mass is 318 g/mol. The van der Waals surface area contributed by atoms with Crippen LogP contribution in [-0.4, -0.2) is 24.7 Å². The lowest BCUT2D eigenvalue weighted by Gasteiger charge is -2.28. The molecule has 0 aliphatic heterocycles. The van der Waals surface area contributed by atoms with Crippen molar-refractivity contribution in [2.24, 2.45) is 5.92 Å². The van der Waals surface area contributed by atoms with Crippen LogP contribution in [0.2, 0.25) is 0 Å². The van der Waals surface area contributed by atoms with E-state index in [2.05, 4.69) is 11.4 Å². The molecule has 0 unspecified atom stereocenters. The number of amides is 1. The maximum absolute atomic E-state index is 12.6. The molecule has 23 heavy (non-hydrogen) atoms. The molecule has 0 aliphatic rings. The zero-order chi connectivity index (χ0) is 17.6. The minimum absolute atomic E-state index is 0.0183. The number of ether oxygens (including phenoxy) is 2. The Bertz CT molecular complexity index is 590. The zero-order valence-corrected chi connectivity index (χ0v) is 14.8. The van der Waals surface area contributed by atoms with Crippen LogP contribution in [0.25, 0.3) is 0 Å². The van der Waals surface area contributed by atoms with E-state index in [0.717, 1.165) is 0 Å². The summed E-state index contributed by atoms with van der Waals surface area (Å²) in [6.07, 6.45) is 0.607. The van der Waals surface area contributed by atoms with Gasteiger partial charge in [0, 0.05) is 13.2 Å². The quantitative estimate of drug-likeness (QED) is 0.831. The van der Waals surface area contributed by atoms with E-state index in [1.54, 1.807) is 25.1 Å². The second-order valence-electron chi connectivity index (χ2n) is 6.47. The van der Waals surface area contributed by atoms with Crippen LogP contribution in [0.15, 0.2) is 18.2 Å². The summed E-state index contributed by atoms with van der Waals surface area (Å²) in [6, 6.07) is 7.14. The van der Waals surface area contributed by atoms with Crippen LogP contribution in [0.3, 0.4) is 0 Å². The second kappa shape index (κ2) is 7.98. The third-order valence-electron chi connectivity index (χ3n) is 3.46. The predicted octanol–water partition coefficient (Wildman–Crippen LogP) is 3.74. The Labute approximate surface area is 138 Å². The predicted molar refractivity (Wildman–Crippen MR) is 90.4 cm³/mol. The first kappa shape index (κ1) is 19.0. The van der Waals surface area contributed by atoms with Crippen molar-refractivity contribution in [3.8, 4) is 11.8 Å². The highest BCUT2D eigenvalue weighted by Gasteiger charge is 2.34. The summed E-state index contributed by atoms with van der Waals surface area (Å²) in [5, 5.41) is 12.1. The van der Waals surface area contributed by atoms with Gasteiger partial charge in [-0.2, -0.15) is 5.26 Å². The van der Waals surface area contributed by atoms with E-state index in [0.29, 0.717) is 29.3 Å². The van der Waals surface area contributed by atoms with Gasteiger partial charge in [0.05, 0.1) is 17.4 Å². The summed E-state index contributed by atoms with van der Waals surface area (Å²) in [7, 11) is 1.52. The molecular weight excluding hydrogens is 292 g/mol. The van der Waals surface area contributed by atoms with E-state index in [1.807, 2.05) is 27.7 Å². The molecule has 0 fully saturated rings. The molecule has 5 heteroatoms. The van der Waals surface area contributed by atoms with Crippen molar-refractivity contribution in [2.75, 3.05) is 12.4 Å². The molecule has 0 saturated heterocycles. The van der Waals surface area contributed by atoms with Gasteiger partial charge in [-0.1, -0.05) is 13.8 Å². The van der Waals surface area contributed by atoms with Gasteiger partial charge < -0.3 is 14.8 Å². The molecule has 1 rings (SSSR count). The Morgan fingerprint density at radius 2 is 2.00 bits per heavy atom. The average Bonchev–Trinajstić information content (AvgIpc) is 2.47.